The maximum absolute atomic E-state index is 12.2. The number of furan rings is 1. The van der Waals surface area contributed by atoms with Crippen LogP contribution < -0.4 is 4.72 Å². The summed E-state index contributed by atoms with van der Waals surface area (Å²) in [6, 6.07) is 12.4. The summed E-state index contributed by atoms with van der Waals surface area (Å²) in [6.07, 6.45) is 3.69. The van der Waals surface area contributed by atoms with Gasteiger partial charge in [0.1, 0.15) is 5.76 Å². The van der Waals surface area contributed by atoms with Crippen LogP contribution in [0.15, 0.2) is 58.0 Å². The highest BCUT2D eigenvalue weighted by Gasteiger charge is 2.22. The lowest BCUT2D eigenvalue weighted by Crippen LogP contribution is -2.38. The number of likely N-dealkylation sites (tertiary alicyclic amines) is 1. The Bertz CT molecular complexity index is 691. The van der Waals surface area contributed by atoms with Gasteiger partial charge in [-0.25, -0.2) is 13.1 Å². The molecule has 3 rings (SSSR count). The number of piperidine rings is 1. The van der Waals surface area contributed by atoms with Crippen LogP contribution in [0.2, 0.25) is 0 Å². The molecule has 1 N–H and O–H groups in total. The van der Waals surface area contributed by atoms with Crippen LogP contribution in [0.5, 0.6) is 0 Å². The van der Waals surface area contributed by atoms with E-state index in [0.717, 1.165) is 38.2 Å². The Morgan fingerprint density at radius 3 is 2.48 bits per heavy atom. The number of nitrogens with zero attached hydrogens (tertiary/aromatic N) is 1. The molecule has 0 spiro atoms. The maximum Gasteiger partial charge on any atom is 0.240 e. The average Bonchev–Trinajstić information content (AvgIpc) is 3.08. The van der Waals surface area contributed by atoms with Gasteiger partial charge in [-0.05, 0) is 56.1 Å². The van der Waals surface area contributed by atoms with Gasteiger partial charge in [-0.3, -0.25) is 4.90 Å². The van der Waals surface area contributed by atoms with Crippen LogP contribution in [0.4, 0.5) is 0 Å². The molecule has 0 amide bonds. The molecule has 1 fully saturated rings. The molecule has 1 aromatic heterocycles. The van der Waals surface area contributed by atoms with E-state index in [1.807, 2.05) is 18.2 Å². The molecule has 23 heavy (non-hydrogen) atoms. The monoisotopic (exact) mass is 334 g/mol. The van der Waals surface area contributed by atoms with Crippen LogP contribution >= 0.6 is 0 Å². The van der Waals surface area contributed by atoms with E-state index in [2.05, 4.69) is 9.62 Å². The number of rotatable bonds is 6. The van der Waals surface area contributed by atoms with E-state index >= 15 is 0 Å². The molecular formula is C17H22N2O3S. The summed E-state index contributed by atoms with van der Waals surface area (Å²) in [5.74, 6) is 1.37. The first-order valence-electron chi connectivity index (χ1n) is 7.93. The van der Waals surface area contributed by atoms with Crippen molar-refractivity contribution >= 4 is 10.0 Å². The van der Waals surface area contributed by atoms with Gasteiger partial charge >= 0.3 is 0 Å². The minimum absolute atomic E-state index is 0.329. The molecule has 2 heterocycles. The number of benzene rings is 1. The number of sulfonamides is 1. The number of hydrogen-bond donors (Lipinski definition) is 1. The summed E-state index contributed by atoms with van der Waals surface area (Å²) >= 11 is 0. The van der Waals surface area contributed by atoms with Crippen molar-refractivity contribution < 1.29 is 12.8 Å². The fourth-order valence-electron chi connectivity index (χ4n) is 2.88. The molecule has 5 nitrogen and oxygen atoms in total. The molecule has 1 aliphatic rings. The van der Waals surface area contributed by atoms with Crippen LogP contribution in [0.3, 0.4) is 0 Å². The first kappa shape index (κ1) is 16.2. The van der Waals surface area contributed by atoms with Crippen LogP contribution in [-0.4, -0.2) is 33.0 Å². The first-order valence-corrected chi connectivity index (χ1v) is 9.41. The Balaban J connectivity index is 1.46. The normalized spacial score (nSPS) is 17.4. The Kier molecular flexibility index (Phi) is 5.15. The summed E-state index contributed by atoms with van der Waals surface area (Å²) < 4.78 is 32.5. The van der Waals surface area contributed by atoms with E-state index in [1.165, 1.54) is 0 Å². The van der Waals surface area contributed by atoms with Gasteiger partial charge in [-0.15, -0.1) is 0 Å². The van der Waals surface area contributed by atoms with Crippen LogP contribution in [0.1, 0.15) is 18.6 Å². The lowest BCUT2D eigenvalue weighted by molar-refractivity contribution is 0.168. The Morgan fingerprint density at radius 1 is 1.09 bits per heavy atom. The summed E-state index contributed by atoms with van der Waals surface area (Å²) in [6.45, 7) is 3.28. The summed E-state index contributed by atoms with van der Waals surface area (Å²) in [7, 11) is -3.39. The van der Waals surface area contributed by atoms with Crippen molar-refractivity contribution in [1.29, 1.82) is 0 Å². The minimum atomic E-state index is -3.39. The van der Waals surface area contributed by atoms with Crippen molar-refractivity contribution in [3.8, 4) is 0 Å². The van der Waals surface area contributed by atoms with Gasteiger partial charge in [0.05, 0.1) is 17.7 Å². The molecule has 0 unspecified atom stereocenters. The molecule has 0 radical (unpaired) electrons. The molecule has 1 aromatic carbocycles. The van der Waals surface area contributed by atoms with Gasteiger partial charge < -0.3 is 4.42 Å². The van der Waals surface area contributed by atoms with Crippen molar-refractivity contribution in [3.05, 3.63) is 54.5 Å². The molecule has 1 aliphatic heterocycles. The van der Waals surface area contributed by atoms with Crippen molar-refractivity contribution in [2.24, 2.45) is 5.92 Å². The highest BCUT2D eigenvalue weighted by atomic mass is 32.2. The predicted octanol–water partition coefficient (Wildman–Crippen LogP) is 2.47. The topological polar surface area (TPSA) is 62.6 Å². The highest BCUT2D eigenvalue weighted by Crippen LogP contribution is 2.19. The molecular weight excluding hydrogens is 312 g/mol. The van der Waals surface area contributed by atoms with Gasteiger partial charge in [-0.1, -0.05) is 18.2 Å². The van der Waals surface area contributed by atoms with Gasteiger partial charge in [-0.2, -0.15) is 0 Å². The highest BCUT2D eigenvalue weighted by molar-refractivity contribution is 7.89. The second-order valence-corrected chi connectivity index (χ2v) is 7.73. The van der Waals surface area contributed by atoms with Gasteiger partial charge in [0.25, 0.3) is 0 Å². The van der Waals surface area contributed by atoms with Crippen LogP contribution in [0.25, 0.3) is 0 Å². The molecule has 1 saturated heterocycles. The van der Waals surface area contributed by atoms with Crippen molar-refractivity contribution in [1.82, 2.24) is 9.62 Å². The number of nitrogens with one attached hydrogen (secondary N) is 1. The van der Waals surface area contributed by atoms with E-state index in [4.69, 9.17) is 4.42 Å². The molecule has 124 valence electrons. The number of hydrogen-bond acceptors (Lipinski definition) is 4. The molecule has 2 aromatic rings. The quantitative estimate of drug-likeness (QED) is 0.881. The standard InChI is InChI=1S/C17H22N2O3S/c20-23(21,17-6-2-1-3-7-17)18-13-15-8-10-19(11-9-15)14-16-5-4-12-22-16/h1-7,12,15,18H,8-11,13-14H2. The Morgan fingerprint density at radius 2 is 1.83 bits per heavy atom. The lowest BCUT2D eigenvalue weighted by Gasteiger charge is -2.31. The van der Waals surface area contributed by atoms with Gasteiger partial charge in [0.15, 0.2) is 0 Å². The van der Waals surface area contributed by atoms with E-state index in [0.29, 0.717) is 17.4 Å². The van der Waals surface area contributed by atoms with E-state index in [9.17, 15) is 8.42 Å². The molecule has 0 atom stereocenters. The fraction of sp³-hybridized carbons (Fsp3) is 0.412. The lowest BCUT2D eigenvalue weighted by atomic mass is 9.97. The predicted molar refractivity (Wildman–Crippen MR) is 88.3 cm³/mol. The SMILES string of the molecule is O=S(=O)(NCC1CCN(Cc2ccco2)CC1)c1ccccc1. The maximum atomic E-state index is 12.2. The fourth-order valence-corrected chi connectivity index (χ4v) is 4.02. The van der Waals surface area contributed by atoms with E-state index in [-0.39, 0.29) is 0 Å². The third kappa shape index (κ3) is 4.43. The Hall–Kier alpha value is -1.63. The average molecular weight is 334 g/mol. The second-order valence-electron chi connectivity index (χ2n) is 5.96. The summed E-state index contributed by atoms with van der Waals surface area (Å²) in [5, 5.41) is 0. The van der Waals surface area contributed by atoms with E-state index < -0.39 is 10.0 Å². The molecule has 0 bridgehead atoms. The zero-order chi connectivity index (χ0) is 16.1. The van der Waals surface area contributed by atoms with Crippen LogP contribution in [0, 0.1) is 5.92 Å². The molecule has 0 saturated carbocycles. The Labute approximate surface area is 137 Å². The third-order valence-electron chi connectivity index (χ3n) is 4.28. The molecule has 0 aliphatic carbocycles. The van der Waals surface area contributed by atoms with Gasteiger partial charge in [0.2, 0.25) is 10.0 Å². The minimum Gasteiger partial charge on any atom is -0.468 e. The first-order chi connectivity index (χ1) is 11.1. The van der Waals surface area contributed by atoms with E-state index in [1.54, 1.807) is 30.5 Å². The van der Waals surface area contributed by atoms with Crippen LogP contribution in [-0.2, 0) is 16.6 Å². The van der Waals surface area contributed by atoms with Gasteiger partial charge in [0, 0.05) is 6.54 Å². The molecule has 6 heteroatoms. The largest absolute Gasteiger partial charge is 0.468 e. The second kappa shape index (κ2) is 7.29. The smallest absolute Gasteiger partial charge is 0.240 e. The van der Waals surface area contributed by atoms with Crippen molar-refractivity contribution in [2.45, 2.75) is 24.3 Å². The third-order valence-corrected chi connectivity index (χ3v) is 5.72. The zero-order valence-electron chi connectivity index (χ0n) is 13.0. The van der Waals surface area contributed by atoms with Crippen molar-refractivity contribution in [2.75, 3.05) is 19.6 Å². The summed E-state index contributed by atoms with van der Waals surface area (Å²) in [4.78, 5) is 2.68. The summed E-state index contributed by atoms with van der Waals surface area (Å²) in [5.41, 5.74) is 0. The van der Waals surface area contributed by atoms with Crippen molar-refractivity contribution in [3.63, 3.8) is 0 Å². The zero-order valence-corrected chi connectivity index (χ0v) is 13.8.